The Hall–Kier alpha value is -1.96. The van der Waals surface area contributed by atoms with Crippen LogP contribution in [0.3, 0.4) is 0 Å². The van der Waals surface area contributed by atoms with E-state index in [1.807, 2.05) is 0 Å². The fourth-order valence-corrected chi connectivity index (χ4v) is 2.42. The minimum absolute atomic E-state index is 0.524. The average Bonchev–Trinajstić information content (AvgIpc) is 2.75. The summed E-state index contributed by atoms with van der Waals surface area (Å²) in [6.07, 6.45) is 3.17. The number of rotatable bonds is 2. The van der Waals surface area contributed by atoms with Crippen molar-refractivity contribution in [1.82, 2.24) is 5.32 Å². The number of nitrogens with one attached hydrogen (secondary N) is 1. The molecule has 0 radical (unpaired) electrons. The van der Waals surface area contributed by atoms with Crippen LogP contribution in [-0.4, -0.2) is 6.54 Å². The van der Waals surface area contributed by atoms with E-state index in [0.717, 1.165) is 18.8 Å². The topological polar surface area (TPSA) is 38.0 Å². The van der Waals surface area contributed by atoms with Crippen LogP contribution < -0.4 is 11.1 Å². The second-order valence-electron chi connectivity index (χ2n) is 4.65. The van der Waals surface area contributed by atoms with Gasteiger partial charge >= 0.3 is 0 Å². The lowest BCUT2D eigenvalue weighted by atomic mass is 9.98. The fraction of sp³-hybridized carbons (Fsp3) is 0.200. The van der Waals surface area contributed by atoms with Gasteiger partial charge in [0.05, 0.1) is 5.82 Å². The molecule has 1 heterocycles. The van der Waals surface area contributed by atoms with Gasteiger partial charge in [-0.05, 0) is 28.8 Å². The molecule has 0 saturated heterocycles. The van der Waals surface area contributed by atoms with Gasteiger partial charge in [0.25, 0.3) is 0 Å². The van der Waals surface area contributed by atoms with E-state index in [2.05, 4.69) is 53.9 Å². The summed E-state index contributed by atoms with van der Waals surface area (Å²) in [6, 6.07) is 15.2. The second-order valence-corrected chi connectivity index (χ2v) is 4.65. The van der Waals surface area contributed by atoms with Crippen molar-refractivity contribution in [2.24, 2.45) is 11.7 Å². The van der Waals surface area contributed by atoms with E-state index < -0.39 is 0 Å². The summed E-state index contributed by atoms with van der Waals surface area (Å²) in [7, 11) is 0. The van der Waals surface area contributed by atoms with E-state index in [1.54, 1.807) is 0 Å². The standard InChI is InChI=1S/C15H16N2/c16-15-9-12(10-17-15)7-11-5-6-13-3-1-2-4-14(13)8-11/h1-6,8-9,12,17H,7,10,16H2/t12-/m0/s1. The summed E-state index contributed by atoms with van der Waals surface area (Å²) in [6.45, 7) is 0.957. The molecule has 0 fully saturated rings. The molecule has 0 amide bonds. The number of nitrogens with two attached hydrogens (primary N) is 1. The molecule has 1 aliphatic rings. The quantitative estimate of drug-likeness (QED) is 0.822. The lowest BCUT2D eigenvalue weighted by Gasteiger charge is -2.08. The molecule has 17 heavy (non-hydrogen) atoms. The van der Waals surface area contributed by atoms with E-state index in [0.29, 0.717) is 5.92 Å². The highest BCUT2D eigenvalue weighted by Gasteiger charge is 2.13. The molecule has 3 rings (SSSR count). The van der Waals surface area contributed by atoms with E-state index in [1.165, 1.54) is 16.3 Å². The van der Waals surface area contributed by atoms with E-state index in [-0.39, 0.29) is 0 Å². The molecule has 1 aliphatic heterocycles. The summed E-state index contributed by atoms with van der Waals surface area (Å²) in [5.41, 5.74) is 7.10. The first kappa shape index (κ1) is 10.2. The number of benzene rings is 2. The molecular formula is C15H16N2. The third-order valence-electron chi connectivity index (χ3n) is 3.30. The molecule has 2 aromatic rings. The zero-order valence-corrected chi connectivity index (χ0v) is 9.69. The first-order valence-corrected chi connectivity index (χ1v) is 6.00. The van der Waals surface area contributed by atoms with Crippen LogP contribution >= 0.6 is 0 Å². The van der Waals surface area contributed by atoms with Gasteiger partial charge in [0, 0.05) is 12.5 Å². The summed E-state index contributed by atoms with van der Waals surface area (Å²) in [4.78, 5) is 0. The first-order chi connectivity index (χ1) is 8.31. The van der Waals surface area contributed by atoms with Gasteiger partial charge < -0.3 is 11.1 Å². The van der Waals surface area contributed by atoms with Crippen molar-refractivity contribution in [2.75, 3.05) is 6.54 Å². The van der Waals surface area contributed by atoms with Gasteiger partial charge in [-0.25, -0.2) is 0 Å². The monoisotopic (exact) mass is 224 g/mol. The Morgan fingerprint density at radius 2 is 1.94 bits per heavy atom. The number of hydrogen-bond acceptors (Lipinski definition) is 2. The molecule has 1 atom stereocenters. The van der Waals surface area contributed by atoms with Crippen LogP contribution in [0.4, 0.5) is 0 Å². The Kier molecular flexibility index (Phi) is 2.48. The highest BCUT2D eigenvalue weighted by atomic mass is 15.0. The van der Waals surface area contributed by atoms with Crippen molar-refractivity contribution < 1.29 is 0 Å². The van der Waals surface area contributed by atoms with Gasteiger partial charge in [-0.3, -0.25) is 0 Å². The molecule has 0 spiro atoms. The largest absolute Gasteiger partial charge is 0.386 e. The van der Waals surface area contributed by atoms with Crippen molar-refractivity contribution in [3.63, 3.8) is 0 Å². The lowest BCUT2D eigenvalue weighted by molar-refractivity contribution is 0.648. The van der Waals surface area contributed by atoms with Crippen LogP contribution in [0.25, 0.3) is 10.8 Å². The van der Waals surface area contributed by atoms with Gasteiger partial charge in [-0.2, -0.15) is 0 Å². The van der Waals surface area contributed by atoms with Crippen LogP contribution in [0, 0.1) is 5.92 Å². The maximum atomic E-state index is 5.72. The maximum absolute atomic E-state index is 5.72. The van der Waals surface area contributed by atoms with Crippen molar-refractivity contribution in [1.29, 1.82) is 0 Å². The SMILES string of the molecule is NC1=C[C@H](Cc2ccc3ccccc3c2)CN1. The Balaban J connectivity index is 1.86. The molecule has 2 nitrogen and oxygen atoms in total. The van der Waals surface area contributed by atoms with Crippen molar-refractivity contribution in [3.05, 3.63) is 59.9 Å². The maximum Gasteiger partial charge on any atom is 0.0922 e. The highest BCUT2D eigenvalue weighted by Crippen LogP contribution is 2.19. The van der Waals surface area contributed by atoms with E-state index in [9.17, 15) is 0 Å². The van der Waals surface area contributed by atoms with Crippen molar-refractivity contribution in [3.8, 4) is 0 Å². The zero-order chi connectivity index (χ0) is 11.7. The molecule has 0 unspecified atom stereocenters. The fourth-order valence-electron chi connectivity index (χ4n) is 2.42. The highest BCUT2D eigenvalue weighted by molar-refractivity contribution is 5.82. The predicted octanol–water partition coefficient (Wildman–Crippen LogP) is 2.40. The van der Waals surface area contributed by atoms with Crippen LogP contribution in [-0.2, 0) is 6.42 Å². The minimum atomic E-state index is 0.524. The lowest BCUT2D eigenvalue weighted by Crippen LogP contribution is -2.17. The van der Waals surface area contributed by atoms with Gasteiger partial charge in [0.2, 0.25) is 0 Å². The Bertz CT molecular complexity index is 572. The van der Waals surface area contributed by atoms with Gasteiger partial charge in [-0.15, -0.1) is 0 Å². The number of fused-ring (bicyclic) bond motifs is 1. The van der Waals surface area contributed by atoms with Gasteiger partial charge in [0.1, 0.15) is 0 Å². The van der Waals surface area contributed by atoms with E-state index in [4.69, 9.17) is 5.73 Å². The average molecular weight is 224 g/mol. The van der Waals surface area contributed by atoms with Crippen molar-refractivity contribution >= 4 is 10.8 Å². The van der Waals surface area contributed by atoms with Gasteiger partial charge in [-0.1, -0.05) is 42.5 Å². The summed E-state index contributed by atoms with van der Waals surface area (Å²) < 4.78 is 0. The van der Waals surface area contributed by atoms with Crippen LogP contribution in [0.2, 0.25) is 0 Å². The molecule has 2 heteroatoms. The minimum Gasteiger partial charge on any atom is -0.386 e. The molecular weight excluding hydrogens is 208 g/mol. The molecule has 2 aromatic carbocycles. The summed E-state index contributed by atoms with van der Waals surface area (Å²) in [5, 5.41) is 5.78. The normalized spacial score (nSPS) is 19.1. The third kappa shape index (κ3) is 2.11. The smallest absolute Gasteiger partial charge is 0.0922 e. The molecule has 3 N–H and O–H groups in total. The number of hydrogen-bond donors (Lipinski definition) is 2. The zero-order valence-electron chi connectivity index (χ0n) is 9.69. The predicted molar refractivity (Wildman–Crippen MR) is 71.4 cm³/mol. The first-order valence-electron chi connectivity index (χ1n) is 6.00. The van der Waals surface area contributed by atoms with Crippen LogP contribution in [0.15, 0.2) is 54.4 Å². The molecule has 0 bridgehead atoms. The van der Waals surface area contributed by atoms with E-state index >= 15 is 0 Å². The van der Waals surface area contributed by atoms with Gasteiger partial charge in [0.15, 0.2) is 0 Å². The van der Waals surface area contributed by atoms with Crippen LogP contribution in [0.5, 0.6) is 0 Å². The third-order valence-corrected chi connectivity index (χ3v) is 3.30. The molecule has 0 aromatic heterocycles. The summed E-state index contributed by atoms with van der Waals surface area (Å²) in [5.74, 6) is 1.34. The molecule has 86 valence electrons. The Morgan fingerprint density at radius 3 is 2.71 bits per heavy atom. The van der Waals surface area contributed by atoms with Crippen molar-refractivity contribution in [2.45, 2.75) is 6.42 Å². The molecule has 0 aliphatic carbocycles. The molecule has 0 saturated carbocycles. The Morgan fingerprint density at radius 1 is 1.12 bits per heavy atom. The Labute approximate surface area is 101 Å². The summed E-state index contributed by atoms with van der Waals surface area (Å²) >= 11 is 0. The second kappa shape index (κ2) is 4.13. The van der Waals surface area contributed by atoms with Crippen LogP contribution in [0.1, 0.15) is 5.56 Å².